The zero-order valence-electron chi connectivity index (χ0n) is 8.50. The van der Waals surface area contributed by atoms with Crippen molar-refractivity contribution < 1.29 is 13.9 Å². The Morgan fingerprint density at radius 1 is 1.36 bits per heavy atom. The van der Waals surface area contributed by atoms with Gasteiger partial charge >= 0.3 is 0 Å². The molecule has 0 saturated heterocycles. The standard InChI is InChI=1S/C10H14FNO2/c1-12-10(14-3)7-4-5-9(13-2)8(11)6-7/h4-6,10,12H,1-3H3. The Morgan fingerprint density at radius 3 is 2.50 bits per heavy atom. The maximum atomic E-state index is 13.3. The van der Waals surface area contributed by atoms with E-state index in [-0.39, 0.29) is 17.8 Å². The molecule has 0 aliphatic rings. The Hall–Kier alpha value is -1.13. The third-order valence-electron chi connectivity index (χ3n) is 1.98. The van der Waals surface area contributed by atoms with Crippen LogP contribution < -0.4 is 10.1 Å². The van der Waals surface area contributed by atoms with Crippen LogP contribution in [0.3, 0.4) is 0 Å². The van der Waals surface area contributed by atoms with E-state index < -0.39 is 0 Å². The van der Waals surface area contributed by atoms with Crippen molar-refractivity contribution in [3.63, 3.8) is 0 Å². The quantitative estimate of drug-likeness (QED) is 0.749. The normalized spacial score (nSPS) is 12.6. The van der Waals surface area contributed by atoms with Gasteiger partial charge in [0, 0.05) is 7.11 Å². The summed E-state index contributed by atoms with van der Waals surface area (Å²) >= 11 is 0. The minimum atomic E-state index is -0.387. The molecule has 0 aliphatic carbocycles. The summed E-state index contributed by atoms with van der Waals surface area (Å²) in [6.07, 6.45) is -0.296. The summed E-state index contributed by atoms with van der Waals surface area (Å²) in [6, 6.07) is 4.73. The van der Waals surface area contributed by atoms with Crippen molar-refractivity contribution in [2.45, 2.75) is 6.23 Å². The number of methoxy groups -OCH3 is 2. The fourth-order valence-electron chi connectivity index (χ4n) is 1.27. The van der Waals surface area contributed by atoms with Gasteiger partial charge < -0.3 is 9.47 Å². The lowest BCUT2D eigenvalue weighted by Gasteiger charge is -2.15. The molecular formula is C10H14FNO2. The van der Waals surface area contributed by atoms with Gasteiger partial charge in [-0.05, 0) is 24.7 Å². The molecular weight excluding hydrogens is 185 g/mol. The topological polar surface area (TPSA) is 30.5 Å². The molecule has 1 atom stereocenters. The van der Waals surface area contributed by atoms with E-state index in [1.165, 1.54) is 13.2 Å². The summed E-state index contributed by atoms with van der Waals surface area (Å²) in [5.74, 6) is -0.151. The van der Waals surface area contributed by atoms with Gasteiger partial charge in [-0.2, -0.15) is 0 Å². The first-order valence-corrected chi connectivity index (χ1v) is 4.26. The first-order valence-electron chi connectivity index (χ1n) is 4.26. The van der Waals surface area contributed by atoms with Gasteiger partial charge in [0.15, 0.2) is 11.6 Å². The first kappa shape index (κ1) is 10.9. The van der Waals surface area contributed by atoms with Crippen LogP contribution in [0.1, 0.15) is 11.8 Å². The second-order valence-electron chi connectivity index (χ2n) is 2.80. The van der Waals surface area contributed by atoms with Gasteiger partial charge in [-0.25, -0.2) is 4.39 Å². The predicted molar refractivity (Wildman–Crippen MR) is 51.8 cm³/mol. The van der Waals surface area contributed by atoms with Crippen molar-refractivity contribution in [3.05, 3.63) is 29.6 Å². The van der Waals surface area contributed by atoms with E-state index in [1.54, 1.807) is 26.3 Å². The number of hydrogen-bond acceptors (Lipinski definition) is 3. The van der Waals surface area contributed by atoms with Crippen LogP contribution in [0.5, 0.6) is 5.75 Å². The molecule has 0 aliphatic heterocycles. The van der Waals surface area contributed by atoms with E-state index in [0.29, 0.717) is 0 Å². The van der Waals surface area contributed by atoms with Gasteiger partial charge in [0.1, 0.15) is 6.23 Å². The maximum absolute atomic E-state index is 13.3. The molecule has 0 radical (unpaired) electrons. The lowest BCUT2D eigenvalue weighted by molar-refractivity contribution is 0.0805. The van der Waals surface area contributed by atoms with E-state index in [2.05, 4.69) is 5.32 Å². The van der Waals surface area contributed by atoms with Crippen molar-refractivity contribution in [2.24, 2.45) is 0 Å². The highest BCUT2D eigenvalue weighted by atomic mass is 19.1. The highest BCUT2D eigenvalue weighted by Crippen LogP contribution is 2.21. The average molecular weight is 199 g/mol. The van der Waals surface area contributed by atoms with Crippen molar-refractivity contribution in [1.82, 2.24) is 5.32 Å². The third kappa shape index (κ3) is 2.21. The maximum Gasteiger partial charge on any atom is 0.165 e. The molecule has 0 fully saturated rings. The number of hydrogen-bond donors (Lipinski definition) is 1. The van der Waals surface area contributed by atoms with Crippen LogP contribution in [-0.2, 0) is 4.74 Å². The Labute approximate surface area is 82.8 Å². The van der Waals surface area contributed by atoms with E-state index in [4.69, 9.17) is 9.47 Å². The molecule has 78 valence electrons. The molecule has 1 aromatic rings. The van der Waals surface area contributed by atoms with Crippen LogP contribution >= 0.6 is 0 Å². The molecule has 0 spiro atoms. The monoisotopic (exact) mass is 199 g/mol. The van der Waals surface area contributed by atoms with E-state index in [9.17, 15) is 4.39 Å². The van der Waals surface area contributed by atoms with Gasteiger partial charge in [0.25, 0.3) is 0 Å². The van der Waals surface area contributed by atoms with Crippen LogP contribution in [0.2, 0.25) is 0 Å². The number of halogens is 1. The smallest absolute Gasteiger partial charge is 0.165 e. The average Bonchev–Trinajstić information content (AvgIpc) is 2.20. The van der Waals surface area contributed by atoms with Crippen molar-refractivity contribution in [2.75, 3.05) is 21.3 Å². The van der Waals surface area contributed by atoms with Gasteiger partial charge in [0.2, 0.25) is 0 Å². The third-order valence-corrected chi connectivity index (χ3v) is 1.98. The second-order valence-corrected chi connectivity index (χ2v) is 2.80. The molecule has 3 nitrogen and oxygen atoms in total. The molecule has 0 heterocycles. The molecule has 0 amide bonds. The number of ether oxygens (including phenoxy) is 2. The van der Waals surface area contributed by atoms with Crippen molar-refractivity contribution in [1.29, 1.82) is 0 Å². The Morgan fingerprint density at radius 2 is 2.07 bits per heavy atom. The Balaban J connectivity index is 2.95. The van der Waals surface area contributed by atoms with E-state index >= 15 is 0 Å². The van der Waals surface area contributed by atoms with Gasteiger partial charge in [-0.15, -0.1) is 0 Å². The van der Waals surface area contributed by atoms with Crippen molar-refractivity contribution in [3.8, 4) is 5.75 Å². The number of benzene rings is 1. The lowest BCUT2D eigenvalue weighted by Crippen LogP contribution is -2.18. The summed E-state index contributed by atoms with van der Waals surface area (Å²) in [7, 11) is 4.74. The molecule has 14 heavy (non-hydrogen) atoms. The summed E-state index contributed by atoms with van der Waals surface area (Å²) in [6.45, 7) is 0. The number of nitrogens with one attached hydrogen (secondary N) is 1. The van der Waals surface area contributed by atoms with Crippen LogP contribution in [0, 0.1) is 5.82 Å². The highest BCUT2D eigenvalue weighted by Gasteiger charge is 2.10. The zero-order valence-corrected chi connectivity index (χ0v) is 8.50. The van der Waals surface area contributed by atoms with Crippen LogP contribution in [0.15, 0.2) is 18.2 Å². The fraction of sp³-hybridized carbons (Fsp3) is 0.400. The molecule has 1 rings (SSSR count). The number of rotatable bonds is 4. The molecule has 1 aromatic carbocycles. The lowest BCUT2D eigenvalue weighted by atomic mass is 10.2. The largest absolute Gasteiger partial charge is 0.494 e. The SMILES string of the molecule is CNC(OC)c1ccc(OC)c(F)c1. The van der Waals surface area contributed by atoms with Crippen LogP contribution in [0.25, 0.3) is 0 Å². The molecule has 1 unspecified atom stereocenters. The van der Waals surface area contributed by atoms with Gasteiger partial charge in [-0.1, -0.05) is 6.07 Å². The zero-order chi connectivity index (χ0) is 10.6. The van der Waals surface area contributed by atoms with Gasteiger partial charge in [-0.3, -0.25) is 5.32 Å². The minimum absolute atomic E-state index is 0.236. The van der Waals surface area contributed by atoms with Crippen LogP contribution in [-0.4, -0.2) is 21.3 Å². The molecule has 0 aromatic heterocycles. The molecule has 0 bridgehead atoms. The molecule has 4 heteroatoms. The first-order chi connectivity index (χ1) is 6.72. The van der Waals surface area contributed by atoms with Crippen LogP contribution in [0.4, 0.5) is 4.39 Å². The summed E-state index contributed by atoms with van der Waals surface area (Å²) < 4.78 is 23.2. The molecule has 0 saturated carbocycles. The fourth-order valence-corrected chi connectivity index (χ4v) is 1.27. The summed E-state index contributed by atoms with van der Waals surface area (Å²) in [4.78, 5) is 0. The Kier molecular flexibility index (Phi) is 3.85. The summed E-state index contributed by atoms with van der Waals surface area (Å²) in [5.41, 5.74) is 0.730. The van der Waals surface area contributed by atoms with Crippen molar-refractivity contribution >= 4 is 0 Å². The summed E-state index contributed by atoms with van der Waals surface area (Å²) in [5, 5.41) is 2.90. The Bertz CT molecular complexity index is 300. The van der Waals surface area contributed by atoms with Gasteiger partial charge in [0.05, 0.1) is 7.11 Å². The van der Waals surface area contributed by atoms with E-state index in [0.717, 1.165) is 5.56 Å². The van der Waals surface area contributed by atoms with E-state index in [1.807, 2.05) is 0 Å². The minimum Gasteiger partial charge on any atom is -0.494 e. The molecule has 1 N–H and O–H groups in total. The predicted octanol–water partition coefficient (Wildman–Crippen LogP) is 1.70. The second kappa shape index (κ2) is 4.93. The highest BCUT2D eigenvalue weighted by molar-refractivity contribution is 5.30.